The van der Waals surface area contributed by atoms with Gasteiger partial charge in [0.15, 0.2) is 0 Å². The summed E-state index contributed by atoms with van der Waals surface area (Å²) in [6, 6.07) is 6.64. The molecule has 9 nitrogen and oxygen atoms in total. The topological polar surface area (TPSA) is 74.8 Å². The fourth-order valence-electron chi connectivity index (χ4n) is 5.62. The van der Waals surface area contributed by atoms with E-state index in [-0.39, 0.29) is 6.03 Å². The molecule has 192 valence electrons. The van der Waals surface area contributed by atoms with Crippen LogP contribution in [0.5, 0.6) is 0 Å². The molecule has 0 N–H and O–H groups in total. The first-order valence-corrected chi connectivity index (χ1v) is 13.2. The molecule has 0 bridgehead atoms. The van der Waals surface area contributed by atoms with Gasteiger partial charge in [0.05, 0.1) is 17.9 Å². The van der Waals surface area contributed by atoms with Crippen LogP contribution in [0.3, 0.4) is 0 Å². The monoisotopic (exact) mass is 498 g/mol. The summed E-state index contributed by atoms with van der Waals surface area (Å²) in [5.41, 5.74) is 6.47. The van der Waals surface area contributed by atoms with E-state index in [1.165, 1.54) is 0 Å². The molecule has 4 aromatic rings. The molecule has 37 heavy (non-hydrogen) atoms. The maximum Gasteiger partial charge on any atom is 0.320 e. The van der Waals surface area contributed by atoms with E-state index in [0.29, 0.717) is 5.92 Å². The van der Waals surface area contributed by atoms with Crippen molar-refractivity contribution in [2.24, 2.45) is 13.0 Å². The number of hydrogen-bond donors (Lipinski definition) is 0. The van der Waals surface area contributed by atoms with Crippen LogP contribution >= 0.6 is 0 Å². The smallest absolute Gasteiger partial charge is 0.320 e. The molecule has 6 heterocycles. The molecule has 1 atom stereocenters. The third kappa shape index (κ3) is 4.43. The molecular weight excluding hydrogens is 464 g/mol. The van der Waals surface area contributed by atoms with Crippen molar-refractivity contribution in [3.05, 3.63) is 54.7 Å². The lowest BCUT2D eigenvalue weighted by Crippen LogP contribution is -2.52. The summed E-state index contributed by atoms with van der Waals surface area (Å²) >= 11 is 0. The minimum Gasteiger partial charge on any atom is -0.353 e. The highest BCUT2D eigenvalue weighted by Gasteiger charge is 2.30. The van der Waals surface area contributed by atoms with E-state index in [9.17, 15) is 4.79 Å². The lowest BCUT2D eigenvalue weighted by molar-refractivity contribution is 0.158. The summed E-state index contributed by atoms with van der Waals surface area (Å²) in [7, 11) is 1.92. The van der Waals surface area contributed by atoms with E-state index in [1.54, 1.807) is 0 Å². The number of urea groups is 1. The van der Waals surface area contributed by atoms with Crippen LogP contribution in [0, 0.1) is 12.8 Å². The molecule has 0 radical (unpaired) electrons. The normalized spacial score (nSPS) is 18.2. The van der Waals surface area contributed by atoms with E-state index in [4.69, 9.17) is 4.98 Å². The highest BCUT2D eigenvalue weighted by Crippen LogP contribution is 2.32. The highest BCUT2D eigenvalue weighted by atomic mass is 16.2. The Morgan fingerprint density at radius 2 is 1.78 bits per heavy atom. The van der Waals surface area contributed by atoms with Crippen molar-refractivity contribution < 1.29 is 4.79 Å². The number of carbonyl (C=O) groups excluding carboxylic acids is 1. The largest absolute Gasteiger partial charge is 0.353 e. The van der Waals surface area contributed by atoms with E-state index < -0.39 is 0 Å². The number of carbonyl (C=O) groups is 1. The number of likely N-dealkylation sites (tertiary alicyclic amines) is 1. The number of fused-ring (bicyclic) bond motifs is 1. The number of aryl methyl sites for hydroxylation is 2. The van der Waals surface area contributed by atoms with Gasteiger partial charge in [-0.1, -0.05) is 13.3 Å². The van der Waals surface area contributed by atoms with E-state index in [2.05, 4.69) is 53.3 Å². The summed E-state index contributed by atoms with van der Waals surface area (Å²) < 4.78 is 3.75. The molecule has 2 saturated heterocycles. The summed E-state index contributed by atoms with van der Waals surface area (Å²) in [5.74, 6) is 1.61. The van der Waals surface area contributed by atoms with Gasteiger partial charge in [-0.15, -0.1) is 0 Å². The predicted octanol–water partition coefficient (Wildman–Crippen LogP) is 4.08. The van der Waals surface area contributed by atoms with Gasteiger partial charge >= 0.3 is 6.03 Å². The Bertz CT molecular complexity index is 1410. The van der Waals surface area contributed by atoms with E-state index in [0.717, 1.165) is 91.3 Å². The average Bonchev–Trinajstić information content (AvgIpc) is 3.68. The second-order valence-corrected chi connectivity index (χ2v) is 10.3. The average molecular weight is 499 g/mol. The van der Waals surface area contributed by atoms with Crippen molar-refractivity contribution in [1.29, 1.82) is 0 Å². The van der Waals surface area contributed by atoms with Crippen molar-refractivity contribution >= 4 is 17.4 Å². The molecule has 0 unspecified atom stereocenters. The Morgan fingerprint density at radius 1 is 0.946 bits per heavy atom. The quantitative estimate of drug-likeness (QED) is 0.424. The first-order valence-electron chi connectivity index (χ1n) is 13.2. The summed E-state index contributed by atoms with van der Waals surface area (Å²) in [4.78, 5) is 24.1. The molecule has 2 aliphatic rings. The number of rotatable bonds is 4. The lowest BCUT2D eigenvalue weighted by atomic mass is 10.0. The van der Waals surface area contributed by atoms with E-state index in [1.807, 2.05) is 50.8 Å². The van der Waals surface area contributed by atoms with Gasteiger partial charge in [-0.2, -0.15) is 10.2 Å². The number of piperazine rings is 1. The minimum atomic E-state index is 0.201. The zero-order chi connectivity index (χ0) is 25.5. The molecule has 2 amide bonds. The number of aromatic nitrogens is 5. The van der Waals surface area contributed by atoms with Crippen molar-refractivity contribution in [3.63, 3.8) is 0 Å². The summed E-state index contributed by atoms with van der Waals surface area (Å²) in [5, 5.41) is 8.90. The van der Waals surface area contributed by atoms with Crippen molar-refractivity contribution in [2.45, 2.75) is 26.7 Å². The SMILES string of the molecule is CC[C@@H]1CCN(C(=O)N2CCN(c3ccc(-c4cc(-c5cnn(C)c5)cn5ncc(C)c45)cn3)CC2)C1. The highest BCUT2D eigenvalue weighted by molar-refractivity contribution is 5.86. The maximum atomic E-state index is 13.0. The van der Waals surface area contributed by atoms with Crippen LogP contribution in [-0.4, -0.2) is 79.5 Å². The zero-order valence-corrected chi connectivity index (χ0v) is 21.8. The van der Waals surface area contributed by atoms with Gasteiger partial charge in [-0.25, -0.2) is 14.3 Å². The first-order chi connectivity index (χ1) is 18.0. The predicted molar refractivity (Wildman–Crippen MR) is 145 cm³/mol. The van der Waals surface area contributed by atoms with Gasteiger partial charge in [-0.3, -0.25) is 4.68 Å². The number of amides is 2. The van der Waals surface area contributed by atoms with Crippen LogP contribution in [0.15, 0.2) is 49.2 Å². The standard InChI is InChI=1S/C28H34N8O/c1-4-21-7-8-35(17-21)28(37)34-11-9-33(10-12-34)26-6-5-22(15-29-26)25-13-23(24-16-30-32(3)18-24)19-36-27(25)20(2)14-31-36/h5-6,13-16,18-19,21H,4,7-12,17H2,1-3H3/t21-/m1/s1. The van der Waals surface area contributed by atoms with Crippen LogP contribution in [0.4, 0.5) is 10.6 Å². The van der Waals surface area contributed by atoms with Crippen LogP contribution in [0.25, 0.3) is 27.8 Å². The van der Waals surface area contributed by atoms with Gasteiger partial charge < -0.3 is 14.7 Å². The molecule has 2 fully saturated rings. The van der Waals surface area contributed by atoms with Crippen molar-refractivity contribution in [1.82, 2.24) is 34.2 Å². The summed E-state index contributed by atoms with van der Waals surface area (Å²) in [6.45, 7) is 9.17. The Hall–Kier alpha value is -3.88. The van der Waals surface area contributed by atoms with Crippen LogP contribution < -0.4 is 4.90 Å². The third-order valence-corrected chi connectivity index (χ3v) is 7.90. The fourth-order valence-corrected chi connectivity index (χ4v) is 5.62. The second-order valence-electron chi connectivity index (χ2n) is 10.3. The molecule has 0 aromatic carbocycles. The molecule has 9 heteroatoms. The van der Waals surface area contributed by atoms with Crippen molar-refractivity contribution in [3.8, 4) is 22.3 Å². The number of anilines is 1. The molecule has 6 rings (SSSR count). The Morgan fingerprint density at radius 3 is 2.46 bits per heavy atom. The Labute approximate surface area is 217 Å². The van der Waals surface area contributed by atoms with Crippen LogP contribution in [0.2, 0.25) is 0 Å². The zero-order valence-electron chi connectivity index (χ0n) is 21.8. The second kappa shape index (κ2) is 9.53. The molecule has 0 aliphatic carbocycles. The van der Waals surface area contributed by atoms with Gasteiger partial charge in [0, 0.05) is 87.2 Å². The maximum absolute atomic E-state index is 13.0. The van der Waals surface area contributed by atoms with Gasteiger partial charge in [-0.05, 0) is 43.0 Å². The van der Waals surface area contributed by atoms with E-state index >= 15 is 0 Å². The first kappa shape index (κ1) is 23.5. The molecule has 4 aromatic heterocycles. The van der Waals surface area contributed by atoms with Crippen LogP contribution in [-0.2, 0) is 7.05 Å². The van der Waals surface area contributed by atoms with Gasteiger partial charge in [0.1, 0.15) is 5.82 Å². The molecule has 2 aliphatic heterocycles. The number of pyridine rings is 2. The lowest BCUT2D eigenvalue weighted by Gasteiger charge is -2.37. The van der Waals surface area contributed by atoms with Crippen LogP contribution in [0.1, 0.15) is 25.3 Å². The Kier molecular flexibility index (Phi) is 6.06. The minimum absolute atomic E-state index is 0.201. The number of nitrogens with zero attached hydrogens (tertiary/aromatic N) is 8. The summed E-state index contributed by atoms with van der Waals surface area (Å²) in [6.07, 6.45) is 12.1. The van der Waals surface area contributed by atoms with Gasteiger partial charge in [0.25, 0.3) is 0 Å². The van der Waals surface area contributed by atoms with Crippen molar-refractivity contribution in [2.75, 3.05) is 44.2 Å². The fraction of sp³-hybridized carbons (Fsp3) is 0.429. The van der Waals surface area contributed by atoms with Gasteiger partial charge in [0.2, 0.25) is 0 Å². The molecule has 0 spiro atoms. The Balaban J connectivity index is 1.19. The third-order valence-electron chi connectivity index (χ3n) is 7.90. The molecule has 0 saturated carbocycles. The molecular formula is C28H34N8O. The number of hydrogen-bond acceptors (Lipinski definition) is 5.